The number of alkyl halides is 1. The minimum absolute atomic E-state index is 0.0666. The van der Waals surface area contributed by atoms with Crippen LogP contribution < -0.4 is 0 Å². The van der Waals surface area contributed by atoms with Crippen molar-refractivity contribution in [2.45, 2.75) is 11.8 Å². The van der Waals surface area contributed by atoms with Crippen LogP contribution in [-0.4, -0.2) is 20.1 Å². The van der Waals surface area contributed by atoms with Crippen molar-refractivity contribution < 1.29 is 17.4 Å². The summed E-state index contributed by atoms with van der Waals surface area (Å²) in [5, 5.41) is 0. The molecule has 5 heteroatoms. The molecule has 1 rings (SSSR count). The van der Waals surface area contributed by atoms with Crippen molar-refractivity contribution in [1.82, 2.24) is 0 Å². The summed E-state index contributed by atoms with van der Waals surface area (Å²) in [6, 6.07) is 5.99. The van der Waals surface area contributed by atoms with E-state index in [1.54, 1.807) is 12.1 Å². The smallest absolute Gasteiger partial charge is 0.282 e. The van der Waals surface area contributed by atoms with Crippen LogP contribution in [0.15, 0.2) is 29.2 Å². The maximum atomic E-state index is 10.5. The second-order valence-electron chi connectivity index (χ2n) is 2.29. The second-order valence-corrected chi connectivity index (χ2v) is 3.71. The molecule has 1 N–H and O–H groups in total. The Hall–Kier alpha value is -0.940. The van der Waals surface area contributed by atoms with Gasteiger partial charge in [-0.3, -0.25) is 8.94 Å². The summed E-state index contributed by atoms with van der Waals surface area (Å²) >= 11 is 0. The minimum atomic E-state index is -4.02. The molecule has 0 amide bonds. The maximum absolute atomic E-state index is 10.5. The lowest BCUT2D eigenvalue weighted by Gasteiger charge is -1.95. The van der Waals surface area contributed by atoms with Crippen molar-refractivity contribution in [2.75, 3.05) is 7.18 Å². The van der Waals surface area contributed by atoms with Crippen molar-refractivity contribution in [3.63, 3.8) is 0 Å². The van der Waals surface area contributed by atoms with Gasteiger partial charge >= 0.3 is 0 Å². The van der Waals surface area contributed by atoms with Crippen LogP contribution in [0, 0.1) is 6.92 Å². The number of aryl methyl sites for hydroxylation is 1. The monoisotopic (exact) mass is 206 g/mol. The van der Waals surface area contributed by atoms with Crippen molar-refractivity contribution in [3.05, 3.63) is 29.8 Å². The molecule has 0 spiro atoms. The molecule has 0 heterocycles. The summed E-state index contributed by atoms with van der Waals surface area (Å²) in [6.45, 7) is 1.84. The fourth-order valence-corrected chi connectivity index (χ4v) is 1.19. The standard InChI is InChI=1S/C7H8O3S.CH3F/c1-6-2-4-7(5-3-6)11(8,9)10;1-2/h2-5H,1H3,(H,8,9,10);1H3. The van der Waals surface area contributed by atoms with E-state index in [4.69, 9.17) is 4.55 Å². The topological polar surface area (TPSA) is 54.4 Å². The Bertz CT molecular complexity index is 342. The van der Waals surface area contributed by atoms with Gasteiger partial charge in [0.25, 0.3) is 10.1 Å². The van der Waals surface area contributed by atoms with E-state index in [1.807, 2.05) is 6.92 Å². The SMILES string of the molecule is CF.Cc1ccc(S(=O)(=O)O)cc1. The first-order chi connectivity index (χ1) is 6.00. The van der Waals surface area contributed by atoms with Gasteiger partial charge in [0.1, 0.15) is 0 Å². The number of halogens is 1. The highest BCUT2D eigenvalue weighted by Crippen LogP contribution is 2.08. The third kappa shape index (κ3) is 4.00. The van der Waals surface area contributed by atoms with E-state index in [9.17, 15) is 12.8 Å². The van der Waals surface area contributed by atoms with Gasteiger partial charge in [-0.1, -0.05) is 17.7 Å². The van der Waals surface area contributed by atoms with Crippen LogP contribution in [0.25, 0.3) is 0 Å². The summed E-state index contributed by atoms with van der Waals surface area (Å²) in [6.07, 6.45) is 0. The van der Waals surface area contributed by atoms with Gasteiger partial charge in [0.2, 0.25) is 0 Å². The Morgan fingerprint density at radius 2 is 1.54 bits per heavy atom. The molecule has 1 aromatic carbocycles. The van der Waals surface area contributed by atoms with Crippen LogP contribution in [0.2, 0.25) is 0 Å². The lowest BCUT2D eigenvalue weighted by molar-refractivity contribution is 0.483. The lowest BCUT2D eigenvalue weighted by Crippen LogP contribution is -1.96. The lowest BCUT2D eigenvalue weighted by atomic mass is 10.2. The van der Waals surface area contributed by atoms with Crippen molar-refractivity contribution >= 4 is 10.1 Å². The predicted octanol–water partition coefficient (Wildman–Crippen LogP) is 1.83. The summed E-state index contributed by atoms with van der Waals surface area (Å²) in [4.78, 5) is -0.0666. The quantitative estimate of drug-likeness (QED) is 0.713. The third-order valence-electron chi connectivity index (χ3n) is 1.32. The number of hydrogen-bond donors (Lipinski definition) is 1. The van der Waals surface area contributed by atoms with Crippen molar-refractivity contribution in [1.29, 1.82) is 0 Å². The number of benzene rings is 1. The molecule has 0 aliphatic carbocycles. The Morgan fingerprint density at radius 1 is 1.15 bits per heavy atom. The van der Waals surface area contributed by atoms with E-state index in [-0.39, 0.29) is 4.90 Å². The van der Waals surface area contributed by atoms with E-state index >= 15 is 0 Å². The summed E-state index contributed by atoms with van der Waals surface area (Å²) in [5.74, 6) is 0. The van der Waals surface area contributed by atoms with Gasteiger partial charge < -0.3 is 0 Å². The predicted molar refractivity (Wildman–Crippen MR) is 48.0 cm³/mol. The van der Waals surface area contributed by atoms with Crippen LogP contribution in [0.5, 0.6) is 0 Å². The molecule has 13 heavy (non-hydrogen) atoms. The molecule has 0 bridgehead atoms. The molecule has 0 aliphatic heterocycles. The highest BCUT2D eigenvalue weighted by molar-refractivity contribution is 7.85. The van der Waals surface area contributed by atoms with E-state index in [0.29, 0.717) is 7.18 Å². The zero-order valence-electron chi connectivity index (χ0n) is 7.36. The molecule has 0 radical (unpaired) electrons. The zero-order valence-corrected chi connectivity index (χ0v) is 8.18. The molecule has 3 nitrogen and oxygen atoms in total. The fourth-order valence-electron chi connectivity index (χ4n) is 0.710. The van der Waals surface area contributed by atoms with Gasteiger partial charge in [-0.15, -0.1) is 0 Å². The molecule has 74 valence electrons. The average Bonchev–Trinajstić information content (AvgIpc) is 2.07. The average molecular weight is 206 g/mol. The van der Waals surface area contributed by atoms with Crippen molar-refractivity contribution in [3.8, 4) is 0 Å². The minimum Gasteiger partial charge on any atom is -0.282 e. The molecule has 0 fully saturated rings. The Kier molecular flexibility index (Phi) is 4.58. The summed E-state index contributed by atoms with van der Waals surface area (Å²) in [5.41, 5.74) is 0.956. The van der Waals surface area contributed by atoms with Crippen LogP contribution in [0.3, 0.4) is 0 Å². The van der Waals surface area contributed by atoms with E-state index in [0.717, 1.165) is 5.56 Å². The molecule has 0 aliphatic rings. The molecule has 0 unspecified atom stereocenters. The first-order valence-corrected chi connectivity index (χ1v) is 4.86. The Morgan fingerprint density at radius 3 is 1.85 bits per heavy atom. The zero-order chi connectivity index (χ0) is 10.5. The highest BCUT2D eigenvalue weighted by atomic mass is 32.2. The van der Waals surface area contributed by atoms with Gasteiger partial charge in [-0.2, -0.15) is 8.42 Å². The number of hydrogen-bond acceptors (Lipinski definition) is 2. The molecule has 1 aromatic rings. The second kappa shape index (κ2) is 4.94. The molecule has 0 saturated carbocycles. The van der Waals surface area contributed by atoms with Gasteiger partial charge in [0, 0.05) is 0 Å². The molecule has 0 atom stereocenters. The van der Waals surface area contributed by atoms with Crippen LogP contribution >= 0.6 is 0 Å². The van der Waals surface area contributed by atoms with E-state index < -0.39 is 10.1 Å². The largest absolute Gasteiger partial charge is 0.294 e. The fraction of sp³-hybridized carbons (Fsp3) is 0.250. The Balaban J connectivity index is 0.000000671. The van der Waals surface area contributed by atoms with Crippen LogP contribution in [0.1, 0.15) is 5.56 Å². The maximum Gasteiger partial charge on any atom is 0.294 e. The van der Waals surface area contributed by atoms with Crippen LogP contribution in [0.4, 0.5) is 4.39 Å². The van der Waals surface area contributed by atoms with E-state index in [2.05, 4.69) is 0 Å². The normalized spacial score (nSPS) is 10.2. The highest BCUT2D eigenvalue weighted by Gasteiger charge is 2.06. The molecule has 0 aromatic heterocycles. The Labute approximate surface area is 77.0 Å². The summed E-state index contributed by atoms with van der Waals surface area (Å²) < 4.78 is 39.1. The first kappa shape index (κ1) is 12.1. The van der Waals surface area contributed by atoms with Gasteiger partial charge in [0.15, 0.2) is 0 Å². The van der Waals surface area contributed by atoms with Gasteiger partial charge in [0.05, 0.1) is 12.1 Å². The summed E-state index contributed by atoms with van der Waals surface area (Å²) in [7, 11) is -3.52. The van der Waals surface area contributed by atoms with Gasteiger partial charge in [-0.25, -0.2) is 0 Å². The van der Waals surface area contributed by atoms with Crippen LogP contribution in [-0.2, 0) is 10.1 Å². The third-order valence-corrected chi connectivity index (χ3v) is 2.19. The van der Waals surface area contributed by atoms with Gasteiger partial charge in [-0.05, 0) is 19.1 Å². The van der Waals surface area contributed by atoms with Crippen molar-refractivity contribution in [2.24, 2.45) is 0 Å². The first-order valence-electron chi connectivity index (χ1n) is 3.42. The molecule has 0 saturated heterocycles. The number of rotatable bonds is 1. The van der Waals surface area contributed by atoms with E-state index in [1.165, 1.54) is 12.1 Å². The molecular formula is C8H11FO3S. The molecular weight excluding hydrogens is 195 g/mol.